The molecule has 150 valence electrons. The van der Waals surface area contributed by atoms with E-state index in [0.717, 1.165) is 17.1 Å². The quantitative estimate of drug-likeness (QED) is 0.545. The van der Waals surface area contributed by atoms with Crippen molar-refractivity contribution >= 4 is 16.1 Å². The van der Waals surface area contributed by atoms with Crippen LogP contribution in [0.4, 0.5) is 0 Å². The number of ether oxygens (including phenoxy) is 1. The van der Waals surface area contributed by atoms with Crippen LogP contribution in [0.2, 0.25) is 0 Å². The number of hydrogen-bond acceptors (Lipinski definition) is 5. The van der Waals surface area contributed by atoms with Crippen LogP contribution in [-0.4, -0.2) is 79.2 Å². The minimum Gasteiger partial charge on any atom is -0.369 e. The predicted octanol–water partition coefficient (Wildman–Crippen LogP) is -1.35. The fourth-order valence-corrected chi connectivity index (χ4v) is 5.39. The van der Waals surface area contributed by atoms with E-state index in [2.05, 4.69) is 14.9 Å². The Labute approximate surface area is 157 Å². The molecule has 1 amide bonds. The molecule has 0 saturated carbocycles. The van der Waals surface area contributed by atoms with Crippen LogP contribution in [0, 0.1) is 11.8 Å². The largest absolute Gasteiger partial charge is 0.369 e. The molecule has 10 nitrogen and oxygen atoms in total. The third-order valence-electron chi connectivity index (χ3n) is 6.18. The number of rotatable bonds is 6. The van der Waals surface area contributed by atoms with E-state index in [1.54, 1.807) is 4.90 Å². The molecule has 3 aliphatic heterocycles. The van der Waals surface area contributed by atoms with E-state index < -0.39 is 10.2 Å². The fourth-order valence-electron chi connectivity index (χ4n) is 4.72. The van der Waals surface area contributed by atoms with Crippen LogP contribution in [-0.2, 0) is 26.2 Å². The molecule has 1 spiro atoms. The highest BCUT2D eigenvalue weighted by Crippen LogP contribution is 2.54. The van der Waals surface area contributed by atoms with Crippen LogP contribution in [0.1, 0.15) is 18.4 Å². The highest BCUT2D eigenvalue weighted by atomic mass is 32.2. The Morgan fingerprint density at radius 1 is 1.48 bits per heavy atom. The van der Waals surface area contributed by atoms with Crippen LogP contribution in [0.25, 0.3) is 0 Å². The number of fused-ring (bicyclic) bond motifs is 1. The summed E-state index contributed by atoms with van der Waals surface area (Å²) in [5.41, 5.74) is -0.247. The van der Waals surface area contributed by atoms with Gasteiger partial charge in [-0.2, -0.15) is 12.7 Å². The van der Waals surface area contributed by atoms with E-state index in [9.17, 15) is 18.0 Å². The SMILES string of the molecule is CN(C)S(=O)(=O)NC[C@H]1[C@H]2CN(C(=O)Cc3c[nH][nH]c3=O)C[C@]23CC[C@H]1O3. The molecule has 0 radical (unpaired) electrons. The zero-order valence-corrected chi connectivity index (χ0v) is 16.2. The topological polar surface area (TPSA) is 128 Å². The van der Waals surface area contributed by atoms with Crippen molar-refractivity contribution in [2.75, 3.05) is 33.7 Å². The van der Waals surface area contributed by atoms with Gasteiger partial charge in [-0.15, -0.1) is 0 Å². The summed E-state index contributed by atoms with van der Waals surface area (Å²) in [5.74, 6) is 0.0417. The number of nitrogens with one attached hydrogen (secondary N) is 3. The molecule has 27 heavy (non-hydrogen) atoms. The van der Waals surface area contributed by atoms with E-state index in [-0.39, 0.29) is 41.4 Å². The lowest BCUT2D eigenvalue weighted by molar-refractivity contribution is -0.131. The molecule has 0 aliphatic carbocycles. The van der Waals surface area contributed by atoms with Gasteiger partial charge in [0.15, 0.2) is 0 Å². The lowest BCUT2D eigenvalue weighted by Crippen LogP contribution is -2.44. The van der Waals surface area contributed by atoms with Crippen molar-refractivity contribution < 1.29 is 17.9 Å². The molecule has 2 bridgehead atoms. The van der Waals surface area contributed by atoms with Crippen molar-refractivity contribution in [3.8, 4) is 0 Å². The van der Waals surface area contributed by atoms with Gasteiger partial charge in [0.1, 0.15) is 0 Å². The van der Waals surface area contributed by atoms with Crippen LogP contribution in [0.3, 0.4) is 0 Å². The number of carbonyl (C=O) groups is 1. The second-order valence-corrected chi connectivity index (χ2v) is 9.85. The van der Waals surface area contributed by atoms with Crippen molar-refractivity contribution in [3.05, 3.63) is 22.1 Å². The molecule has 4 rings (SSSR count). The Balaban J connectivity index is 1.45. The summed E-state index contributed by atoms with van der Waals surface area (Å²) in [5, 5.41) is 5.04. The van der Waals surface area contributed by atoms with Gasteiger partial charge in [0.05, 0.1) is 24.7 Å². The maximum absolute atomic E-state index is 12.7. The fraction of sp³-hybridized carbons (Fsp3) is 0.750. The first-order valence-electron chi connectivity index (χ1n) is 9.09. The molecule has 11 heteroatoms. The molecule has 4 heterocycles. The maximum Gasteiger partial charge on any atom is 0.278 e. The number of H-pyrrole nitrogens is 2. The van der Waals surface area contributed by atoms with E-state index in [0.29, 0.717) is 25.2 Å². The van der Waals surface area contributed by atoms with Crippen molar-refractivity contribution in [1.29, 1.82) is 0 Å². The highest BCUT2D eigenvalue weighted by Gasteiger charge is 2.63. The summed E-state index contributed by atoms with van der Waals surface area (Å²) in [7, 11) is -0.525. The zero-order chi connectivity index (χ0) is 19.4. The number of aromatic amines is 2. The number of amides is 1. The molecule has 4 atom stereocenters. The van der Waals surface area contributed by atoms with Gasteiger partial charge in [0.25, 0.3) is 15.8 Å². The highest BCUT2D eigenvalue weighted by molar-refractivity contribution is 7.87. The van der Waals surface area contributed by atoms with Crippen LogP contribution in [0.15, 0.2) is 11.0 Å². The summed E-state index contributed by atoms with van der Waals surface area (Å²) in [6.45, 7) is 1.34. The minimum atomic E-state index is -3.50. The summed E-state index contributed by atoms with van der Waals surface area (Å²) in [6.07, 6.45) is 3.35. The van der Waals surface area contributed by atoms with Crippen LogP contribution < -0.4 is 10.3 Å². The molecule has 0 aromatic carbocycles. The summed E-state index contributed by atoms with van der Waals surface area (Å²) in [6, 6.07) is 0. The van der Waals surface area contributed by atoms with Gasteiger partial charge < -0.3 is 14.7 Å². The summed E-state index contributed by atoms with van der Waals surface area (Å²) < 4.78 is 34.1. The van der Waals surface area contributed by atoms with Gasteiger partial charge in [0.2, 0.25) is 5.91 Å². The first kappa shape index (κ1) is 18.7. The van der Waals surface area contributed by atoms with Crippen LogP contribution in [0.5, 0.6) is 0 Å². The number of likely N-dealkylation sites (tertiary alicyclic amines) is 1. The van der Waals surface area contributed by atoms with E-state index in [1.165, 1.54) is 20.3 Å². The van der Waals surface area contributed by atoms with Gasteiger partial charge in [-0.3, -0.25) is 14.7 Å². The number of carbonyl (C=O) groups excluding carboxylic acids is 1. The van der Waals surface area contributed by atoms with Gasteiger partial charge in [-0.05, 0) is 12.8 Å². The molecular formula is C16H25N5O5S. The standard InChI is InChI=1S/C16H25N5O5S/c1-20(2)27(24,25)18-7-11-12-8-21(9-16(12)4-3-13(11)26-16)14(22)5-10-6-17-19-15(10)23/h6,11-13,18H,3-5,7-9H2,1-2H3,(H2,17,19,23)/t11-,12+,13+,16+/m0/s1. The van der Waals surface area contributed by atoms with Crippen LogP contribution >= 0.6 is 0 Å². The summed E-state index contributed by atoms with van der Waals surface area (Å²) >= 11 is 0. The summed E-state index contributed by atoms with van der Waals surface area (Å²) in [4.78, 5) is 26.0. The lowest BCUT2D eigenvalue weighted by atomic mass is 9.74. The molecule has 1 aromatic rings. The van der Waals surface area contributed by atoms with Crippen molar-refractivity contribution in [2.24, 2.45) is 11.8 Å². The normalized spacial score (nSPS) is 32.4. The molecule has 1 aromatic heterocycles. The second-order valence-electron chi connectivity index (χ2n) is 7.89. The molecule has 3 aliphatic rings. The Kier molecular flexibility index (Phi) is 4.45. The predicted molar refractivity (Wildman–Crippen MR) is 96.1 cm³/mol. The third kappa shape index (κ3) is 3.12. The average Bonchev–Trinajstić information content (AvgIpc) is 3.34. The Morgan fingerprint density at radius 3 is 2.93 bits per heavy atom. The van der Waals surface area contributed by atoms with Crippen molar-refractivity contribution in [1.82, 2.24) is 24.1 Å². The maximum atomic E-state index is 12.7. The van der Waals surface area contributed by atoms with Crippen molar-refractivity contribution in [2.45, 2.75) is 31.0 Å². The van der Waals surface area contributed by atoms with Gasteiger partial charge in [0, 0.05) is 50.8 Å². The number of aromatic nitrogens is 2. The molecular weight excluding hydrogens is 374 g/mol. The van der Waals surface area contributed by atoms with Gasteiger partial charge in [-0.25, -0.2) is 4.72 Å². The molecule has 0 unspecified atom stereocenters. The lowest BCUT2D eigenvalue weighted by Gasteiger charge is -2.29. The van der Waals surface area contributed by atoms with E-state index in [1.807, 2.05) is 0 Å². The monoisotopic (exact) mass is 399 g/mol. The Morgan fingerprint density at radius 2 is 2.26 bits per heavy atom. The molecule has 3 fully saturated rings. The minimum absolute atomic E-state index is 0.0321. The second kappa shape index (κ2) is 6.43. The number of nitrogens with zero attached hydrogens (tertiary/aromatic N) is 2. The smallest absolute Gasteiger partial charge is 0.278 e. The number of hydrogen-bond donors (Lipinski definition) is 3. The van der Waals surface area contributed by atoms with E-state index >= 15 is 0 Å². The molecule has 3 saturated heterocycles. The van der Waals surface area contributed by atoms with Gasteiger partial charge >= 0.3 is 0 Å². The van der Waals surface area contributed by atoms with E-state index in [4.69, 9.17) is 4.74 Å². The average molecular weight is 399 g/mol. The zero-order valence-electron chi connectivity index (χ0n) is 15.4. The molecule has 3 N–H and O–H groups in total. The third-order valence-corrected chi connectivity index (χ3v) is 7.68. The first-order valence-corrected chi connectivity index (χ1v) is 10.5. The Hall–Kier alpha value is -1.69. The van der Waals surface area contributed by atoms with Crippen molar-refractivity contribution in [3.63, 3.8) is 0 Å². The van der Waals surface area contributed by atoms with Gasteiger partial charge in [-0.1, -0.05) is 0 Å². The Bertz CT molecular complexity index is 893. The first-order chi connectivity index (χ1) is 12.7.